The van der Waals surface area contributed by atoms with Gasteiger partial charge in [-0.1, -0.05) is 13.3 Å². The summed E-state index contributed by atoms with van der Waals surface area (Å²) in [4.78, 5) is 15.4. The first-order valence-electron chi connectivity index (χ1n) is 5.18. The lowest BCUT2D eigenvalue weighted by Crippen LogP contribution is -2.21. The number of hydrogen-bond donors (Lipinski definition) is 0. The third-order valence-electron chi connectivity index (χ3n) is 2.35. The Morgan fingerprint density at radius 1 is 1.53 bits per heavy atom. The maximum Gasteiger partial charge on any atom is 0.350 e. The predicted octanol–water partition coefficient (Wildman–Crippen LogP) is 2.10. The topological polar surface area (TPSA) is 48.0 Å². The van der Waals surface area contributed by atoms with Crippen molar-refractivity contribution in [3.05, 3.63) is 28.5 Å². The molecule has 0 bridgehead atoms. The van der Waals surface area contributed by atoms with Crippen molar-refractivity contribution >= 4 is 11.1 Å². The van der Waals surface area contributed by atoms with Crippen molar-refractivity contribution in [1.29, 1.82) is 0 Å². The summed E-state index contributed by atoms with van der Waals surface area (Å²) in [5, 5.41) is 0.892. The Morgan fingerprint density at radius 3 is 3.07 bits per heavy atom. The van der Waals surface area contributed by atoms with E-state index in [0.717, 1.165) is 30.5 Å². The van der Waals surface area contributed by atoms with E-state index in [9.17, 15) is 4.79 Å². The first-order valence-corrected chi connectivity index (χ1v) is 5.18. The van der Waals surface area contributed by atoms with Crippen molar-refractivity contribution in [2.45, 2.75) is 33.2 Å². The van der Waals surface area contributed by atoms with Crippen LogP contribution < -0.4 is 5.69 Å². The van der Waals surface area contributed by atoms with Gasteiger partial charge in [0.15, 0.2) is 0 Å². The lowest BCUT2D eigenvalue weighted by atomic mass is 10.3. The minimum absolute atomic E-state index is 0.231. The molecule has 4 nitrogen and oxygen atoms in total. The van der Waals surface area contributed by atoms with Crippen LogP contribution in [-0.2, 0) is 6.54 Å². The van der Waals surface area contributed by atoms with Crippen molar-refractivity contribution in [3.63, 3.8) is 0 Å². The smallest absolute Gasteiger partial charge is 0.350 e. The molecule has 0 radical (unpaired) electrons. The molecule has 0 fully saturated rings. The van der Waals surface area contributed by atoms with Crippen LogP contribution in [0.25, 0.3) is 11.1 Å². The highest BCUT2D eigenvalue weighted by Crippen LogP contribution is 2.14. The Bertz CT molecular complexity index is 525. The van der Waals surface area contributed by atoms with Crippen molar-refractivity contribution < 1.29 is 4.42 Å². The Hall–Kier alpha value is -1.58. The molecule has 0 aliphatic heterocycles. The highest BCUT2D eigenvalue weighted by atomic mass is 16.3. The summed E-state index contributed by atoms with van der Waals surface area (Å²) in [6, 6.07) is 1.89. The maximum atomic E-state index is 11.5. The Morgan fingerprint density at radius 2 is 2.33 bits per heavy atom. The molecule has 0 saturated heterocycles. The molecular formula is C11H14N2O2. The fourth-order valence-electron chi connectivity index (χ4n) is 1.56. The maximum absolute atomic E-state index is 11.5. The zero-order valence-corrected chi connectivity index (χ0v) is 8.99. The van der Waals surface area contributed by atoms with Gasteiger partial charge in [0.05, 0.1) is 5.39 Å². The predicted molar refractivity (Wildman–Crippen MR) is 57.9 cm³/mol. The van der Waals surface area contributed by atoms with Crippen molar-refractivity contribution in [2.75, 3.05) is 0 Å². The molecule has 0 atom stereocenters. The minimum Gasteiger partial charge on any atom is -0.443 e. The van der Waals surface area contributed by atoms with Crippen LogP contribution in [0.5, 0.6) is 0 Å². The van der Waals surface area contributed by atoms with Crippen molar-refractivity contribution in [1.82, 2.24) is 9.55 Å². The lowest BCUT2D eigenvalue weighted by molar-refractivity contribution is 0.555. The number of fused-ring (bicyclic) bond motifs is 1. The molecule has 15 heavy (non-hydrogen) atoms. The molecule has 0 spiro atoms. The van der Waals surface area contributed by atoms with Crippen LogP contribution in [0.3, 0.4) is 0 Å². The second-order valence-electron chi connectivity index (χ2n) is 3.69. The quantitative estimate of drug-likeness (QED) is 0.772. The molecule has 80 valence electrons. The normalized spacial score (nSPS) is 11.1. The molecule has 2 rings (SSSR count). The van der Waals surface area contributed by atoms with E-state index in [2.05, 4.69) is 11.9 Å². The lowest BCUT2D eigenvalue weighted by Gasteiger charge is -2.01. The van der Waals surface area contributed by atoms with Crippen molar-refractivity contribution in [2.24, 2.45) is 0 Å². The van der Waals surface area contributed by atoms with E-state index in [0.29, 0.717) is 5.71 Å². The second kappa shape index (κ2) is 3.88. The molecule has 0 N–H and O–H groups in total. The second-order valence-corrected chi connectivity index (χ2v) is 3.69. The number of rotatable bonds is 3. The zero-order chi connectivity index (χ0) is 10.8. The number of aryl methyl sites for hydroxylation is 2. The largest absolute Gasteiger partial charge is 0.443 e. The summed E-state index contributed by atoms with van der Waals surface area (Å²) in [5.74, 6) is 0.783. The number of aromatic nitrogens is 2. The molecule has 0 aliphatic rings. The Kier molecular flexibility index (Phi) is 2.58. The molecular weight excluding hydrogens is 192 g/mol. The third kappa shape index (κ3) is 1.93. The van der Waals surface area contributed by atoms with Gasteiger partial charge in [-0.2, -0.15) is 4.98 Å². The summed E-state index contributed by atoms with van der Waals surface area (Å²) in [5.41, 5.74) is 0.204. The van der Waals surface area contributed by atoms with Gasteiger partial charge in [-0.3, -0.25) is 4.57 Å². The van der Waals surface area contributed by atoms with E-state index in [1.54, 1.807) is 4.57 Å². The summed E-state index contributed by atoms with van der Waals surface area (Å²) in [7, 11) is 0. The average molecular weight is 206 g/mol. The Balaban J connectivity index is 2.47. The van der Waals surface area contributed by atoms with Crippen LogP contribution in [-0.4, -0.2) is 9.55 Å². The molecule has 0 unspecified atom stereocenters. The van der Waals surface area contributed by atoms with Crippen LogP contribution in [0.4, 0.5) is 0 Å². The fourth-order valence-corrected chi connectivity index (χ4v) is 1.56. The highest BCUT2D eigenvalue weighted by molar-refractivity contribution is 5.72. The van der Waals surface area contributed by atoms with Crippen LogP contribution in [0, 0.1) is 6.92 Å². The third-order valence-corrected chi connectivity index (χ3v) is 2.35. The number of furan rings is 1. The van der Waals surface area contributed by atoms with Gasteiger partial charge in [0.1, 0.15) is 5.76 Å². The number of nitrogens with zero attached hydrogens (tertiary/aromatic N) is 2. The molecule has 0 aromatic carbocycles. The van der Waals surface area contributed by atoms with Gasteiger partial charge in [-0.15, -0.1) is 0 Å². The van der Waals surface area contributed by atoms with Gasteiger partial charge >= 0.3 is 5.69 Å². The molecule has 4 heteroatoms. The van der Waals surface area contributed by atoms with E-state index < -0.39 is 0 Å². The Labute approximate surface area is 87.5 Å². The van der Waals surface area contributed by atoms with E-state index in [-0.39, 0.29) is 5.69 Å². The first-order chi connectivity index (χ1) is 7.20. The van der Waals surface area contributed by atoms with Gasteiger partial charge in [-0.25, -0.2) is 4.79 Å². The molecule has 2 heterocycles. The molecule has 0 saturated carbocycles. The van der Waals surface area contributed by atoms with Crippen molar-refractivity contribution in [3.8, 4) is 0 Å². The van der Waals surface area contributed by atoms with E-state index in [1.807, 2.05) is 19.2 Å². The average Bonchev–Trinajstić information content (AvgIpc) is 2.53. The van der Waals surface area contributed by atoms with E-state index in [1.165, 1.54) is 0 Å². The molecule has 0 amide bonds. The molecule has 0 aliphatic carbocycles. The van der Waals surface area contributed by atoms with E-state index >= 15 is 0 Å². The SMILES string of the molecule is CCCCn1cc2cc(C)oc2nc1=O. The molecule has 2 aromatic heterocycles. The van der Waals surface area contributed by atoms with Gasteiger partial charge in [0.25, 0.3) is 0 Å². The van der Waals surface area contributed by atoms with Gasteiger partial charge < -0.3 is 4.42 Å². The first kappa shape index (κ1) is 9.96. The van der Waals surface area contributed by atoms with Crippen LogP contribution in [0.2, 0.25) is 0 Å². The van der Waals surface area contributed by atoms with Gasteiger partial charge in [0.2, 0.25) is 5.71 Å². The molecule has 2 aromatic rings. The number of unbranched alkanes of at least 4 members (excludes halogenated alkanes) is 1. The fraction of sp³-hybridized carbons (Fsp3) is 0.455. The van der Waals surface area contributed by atoms with E-state index in [4.69, 9.17) is 4.42 Å². The zero-order valence-electron chi connectivity index (χ0n) is 8.99. The summed E-state index contributed by atoms with van der Waals surface area (Å²) < 4.78 is 6.92. The monoisotopic (exact) mass is 206 g/mol. The highest BCUT2D eigenvalue weighted by Gasteiger charge is 2.05. The summed E-state index contributed by atoms with van der Waals surface area (Å²) in [6.07, 6.45) is 3.87. The van der Waals surface area contributed by atoms with Gasteiger partial charge in [0, 0.05) is 12.7 Å². The van der Waals surface area contributed by atoms with Crippen LogP contribution in [0.1, 0.15) is 25.5 Å². The summed E-state index contributed by atoms with van der Waals surface area (Å²) in [6.45, 7) is 4.67. The standard InChI is InChI=1S/C11H14N2O2/c1-3-4-5-13-7-9-6-8(2)15-10(9)12-11(13)14/h6-7H,3-5H2,1-2H3. The minimum atomic E-state index is -0.231. The van der Waals surface area contributed by atoms with Gasteiger partial charge in [-0.05, 0) is 19.4 Å². The summed E-state index contributed by atoms with van der Waals surface area (Å²) >= 11 is 0. The van der Waals surface area contributed by atoms with Crippen LogP contribution >= 0.6 is 0 Å². The number of hydrogen-bond acceptors (Lipinski definition) is 3. The van der Waals surface area contributed by atoms with Crippen LogP contribution in [0.15, 0.2) is 21.5 Å².